The van der Waals surface area contributed by atoms with E-state index in [0.717, 1.165) is 29.1 Å². The summed E-state index contributed by atoms with van der Waals surface area (Å²) in [6, 6.07) is 3.70. The topological polar surface area (TPSA) is 62.3 Å². The average molecular weight is 335 g/mol. The van der Waals surface area contributed by atoms with Crippen LogP contribution < -0.4 is 5.32 Å². The second-order valence-electron chi connectivity index (χ2n) is 5.33. The molecule has 2 aromatic rings. The van der Waals surface area contributed by atoms with Crippen LogP contribution in [0.5, 0.6) is 0 Å². The highest BCUT2D eigenvalue weighted by molar-refractivity contribution is 7.15. The van der Waals surface area contributed by atoms with Crippen molar-refractivity contribution in [3.05, 3.63) is 33.5 Å². The Hall–Kier alpha value is -1.73. The number of carbonyl (C=O) groups excluding carboxylic acids is 2. The van der Waals surface area contributed by atoms with Crippen LogP contribution in [0.1, 0.15) is 27.4 Å². The summed E-state index contributed by atoms with van der Waals surface area (Å²) in [6.07, 6.45) is 3.41. The number of hydrogen-bond donors (Lipinski definition) is 1. The molecular formula is C15H17N3O2S2. The SMILES string of the molecule is Cc1cnc(NC(=O)C2CCCN(C(=O)c3cccs3)C2)s1. The fourth-order valence-electron chi connectivity index (χ4n) is 2.55. The molecule has 3 heterocycles. The maximum absolute atomic E-state index is 12.4. The third kappa shape index (κ3) is 3.36. The van der Waals surface area contributed by atoms with Crippen LogP contribution in [0, 0.1) is 12.8 Å². The van der Waals surface area contributed by atoms with Gasteiger partial charge in [-0.05, 0) is 31.2 Å². The van der Waals surface area contributed by atoms with Gasteiger partial charge in [0.2, 0.25) is 5.91 Å². The van der Waals surface area contributed by atoms with Crippen LogP contribution in [0.15, 0.2) is 23.7 Å². The van der Waals surface area contributed by atoms with Crippen molar-refractivity contribution in [1.29, 1.82) is 0 Å². The molecule has 1 saturated heterocycles. The van der Waals surface area contributed by atoms with Gasteiger partial charge in [-0.2, -0.15) is 0 Å². The number of carbonyl (C=O) groups is 2. The van der Waals surface area contributed by atoms with Gasteiger partial charge < -0.3 is 10.2 Å². The quantitative estimate of drug-likeness (QED) is 0.938. The third-order valence-corrected chi connectivity index (χ3v) is 5.35. The van der Waals surface area contributed by atoms with E-state index in [2.05, 4.69) is 10.3 Å². The van der Waals surface area contributed by atoms with Crippen molar-refractivity contribution in [3.8, 4) is 0 Å². The van der Waals surface area contributed by atoms with Crippen molar-refractivity contribution in [1.82, 2.24) is 9.88 Å². The van der Waals surface area contributed by atoms with E-state index in [-0.39, 0.29) is 17.7 Å². The van der Waals surface area contributed by atoms with Gasteiger partial charge in [0.05, 0.1) is 10.8 Å². The predicted molar refractivity (Wildman–Crippen MR) is 88.4 cm³/mol. The highest BCUT2D eigenvalue weighted by Gasteiger charge is 2.29. The third-order valence-electron chi connectivity index (χ3n) is 3.66. The molecule has 0 bridgehead atoms. The van der Waals surface area contributed by atoms with Crippen LogP contribution in [-0.4, -0.2) is 34.8 Å². The number of hydrogen-bond acceptors (Lipinski definition) is 5. The summed E-state index contributed by atoms with van der Waals surface area (Å²) < 4.78 is 0. The Labute approximate surface area is 137 Å². The van der Waals surface area contributed by atoms with Gasteiger partial charge in [0.25, 0.3) is 5.91 Å². The molecule has 2 amide bonds. The number of nitrogens with zero attached hydrogens (tertiary/aromatic N) is 2. The van der Waals surface area contributed by atoms with Crippen molar-refractivity contribution >= 4 is 39.6 Å². The monoisotopic (exact) mass is 335 g/mol. The highest BCUT2D eigenvalue weighted by atomic mass is 32.1. The summed E-state index contributed by atoms with van der Waals surface area (Å²) in [6.45, 7) is 3.15. The van der Waals surface area contributed by atoms with Crippen molar-refractivity contribution < 1.29 is 9.59 Å². The van der Waals surface area contributed by atoms with Gasteiger partial charge in [-0.1, -0.05) is 6.07 Å². The Bertz CT molecular complexity index is 666. The van der Waals surface area contributed by atoms with E-state index in [1.165, 1.54) is 22.7 Å². The molecule has 0 spiro atoms. The van der Waals surface area contributed by atoms with Crippen molar-refractivity contribution in [3.63, 3.8) is 0 Å². The van der Waals surface area contributed by atoms with Crippen LogP contribution >= 0.6 is 22.7 Å². The minimum atomic E-state index is -0.165. The van der Waals surface area contributed by atoms with E-state index in [1.54, 1.807) is 11.1 Å². The van der Waals surface area contributed by atoms with Gasteiger partial charge in [-0.3, -0.25) is 9.59 Å². The van der Waals surface area contributed by atoms with Gasteiger partial charge in [-0.25, -0.2) is 4.98 Å². The van der Waals surface area contributed by atoms with Crippen molar-refractivity contribution in [2.75, 3.05) is 18.4 Å². The van der Waals surface area contributed by atoms with Gasteiger partial charge in [0.1, 0.15) is 0 Å². The molecule has 5 nitrogen and oxygen atoms in total. The van der Waals surface area contributed by atoms with E-state index in [9.17, 15) is 9.59 Å². The van der Waals surface area contributed by atoms with Gasteiger partial charge in [-0.15, -0.1) is 22.7 Å². The first-order valence-electron chi connectivity index (χ1n) is 7.19. The lowest BCUT2D eigenvalue weighted by atomic mass is 9.97. The Morgan fingerprint density at radius 2 is 2.32 bits per heavy atom. The lowest BCUT2D eigenvalue weighted by molar-refractivity contribution is -0.121. The first-order valence-corrected chi connectivity index (χ1v) is 8.89. The number of thiophene rings is 1. The van der Waals surface area contributed by atoms with Crippen molar-refractivity contribution in [2.45, 2.75) is 19.8 Å². The zero-order valence-electron chi connectivity index (χ0n) is 12.2. The molecule has 3 rings (SSSR count). The van der Waals surface area contributed by atoms with Gasteiger partial charge in [0.15, 0.2) is 5.13 Å². The molecule has 22 heavy (non-hydrogen) atoms. The lowest BCUT2D eigenvalue weighted by Crippen LogP contribution is -2.43. The summed E-state index contributed by atoms with van der Waals surface area (Å²) in [5, 5.41) is 5.38. The number of piperidine rings is 1. The van der Waals surface area contributed by atoms with E-state index >= 15 is 0 Å². The molecule has 116 valence electrons. The molecule has 0 radical (unpaired) electrons. The molecule has 1 fully saturated rings. The molecule has 1 atom stereocenters. The minimum absolute atomic E-state index is 0.0255. The van der Waals surface area contributed by atoms with E-state index in [0.29, 0.717) is 11.7 Å². The maximum atomic E-state index is 12.4. The number of aryl methyl sites for hydroxylation is 1. The van der Waals surface area contributed by atoms with Crippen LogP contribution in [-0.2, 0) is 4.79 Å². The van der Waals surface area contributed by atoms with E-state index in [4.69, 9.17) is 0 Å². The maximum Gasteiger partial charge on any atom is 0.263 e. The Kier molecular flexibility index (Phi) is 4.54. The Morgan fingerprint density at radius 1 is 1.45 bits per heavy atom. The molecular weight excluding hydrogens is 318 g/mol. The number of rotatable bonds is 3. The molecule has 1 unspecified atom stereocenters. The fraction of sp³-hybridized carbons (Fsp3) is 0.400. The summed E-state index contributed by atoms with van der Waals surface area (Å²) in [5.74, 6) is -0.183. The lowest BCUT2D eigenvalue weighted by Gasteiger charge is -2.31. The fourth-order valence-corrected chi connectivity index (χ4v) is 3.91. The van der Waals surface area contributed by atoms with Crippen LogP contribution in [0.2, 0.25) is 0 Å². The number of amides is 2. The molecule has 0 aromatic carbocycles. The van der Waals surface area contributed by atoms with E-state index < -0.39 is 0 Å². The Balaban J connectivity index is 1.62. The Morgan fingerprint density at radius 3 is 3.00 bits per heavy atom. The molecule has 1 aliphatic heterocycles. The smallest absolute Gasteiger partial charge is 0.263 e. The summed E-state index contributed by atoms with van der Waals surface area (Å²) >= 11 is 2.90. The largest absolute Gasteiger partial charge is 0.337 e. The van der Waals surface area contributed by atoms with Gasteiger partial charge in [0, 0.05) is 24.2 Å². The van der Waals surface area contributed by atoms with Crippen LogP contribution in [0.4, 0.5) is 5.13 Å². The van der Waals surface area contributed by atoms with Crippen LogP contribution in [0.3, 0.4) is 0 Å². The molecule has 0 saturated carbocycles. The molecule has 0 aliphatic carbocycles. The predicted octanol–water partition coefficient (Wildman–Crippen LogP) is 3.00. The second kappa shape index (κ2) is 6.58. The number of anilines is 1. The zero-order chi connectivity index (χ0) is 15.5. The average Bonchev–Trinajstić information content (AvgIpc) is 3.18. The minimum Gasteiger partial charge on any atom is -0.337 e. The van der Waals surface area contributed by atoms with Gasteiger partial charge >= 0.3 is 0 Å². The van der Waals surface area contributed by atoms with Crippen LogP contribution in [0.25, 0.3) is 0 Å². The number of nitrogens with one attached hydrogen (secondary N) is 1. The summed E-state index contributed by atoms with van der Waals surface area (Å²) in [4.78, 5) is 32.5. The van der Waals surface area contributed by atoms with E-state index in [1.807, 2.05) is 24.4 Å². The first kappa shape index (κ1) is 15.2. The first-order chi connectivity index (χ1) is 10.6. The molecule has 2 aromatic heterocycles. The summed E-state index contributed by atoms with van der Waals surface area (Å²) in [5.41, 5.74) is 0. The number of aromatic nitrogens is 1. The van der Waals surface area contributed by atoms with Crippen molar-refractivity contribution in [2.24, 2.45) is 5.92 Å². The number of likely N-dealkylation sites (tertiary alicyclic amines) is 1. The standard InChI is InChI=1S/C15H17N3O2S2/c1-10-8-16-15(22-10)17-13(19)11-4-2-6-18(9-11)14(20)12-5-3-7-21-12/h3,5,7-8,11H,2,4,6,9H2,1H3,(H,16,17,19). The normalized spacial score (nSPS) is 18.2. The molecule has 1 N–H and O–H groups in total. The summed E-state index contributed by atoms with van der Waals surface area (Å²) in [7, 11) is 0. The zero-order valence-corrected chi connectivity index (χ0v) is 13.9. The molecule has 1 aliphatic rings. The molecule has 7 heteroatoms. The highest BCUT2D eigenvalue weighted by Crippen LogP contribution is 2.23. The number of thiazole rings is 1. The second-order valence-corrected chi connectivity index (χ2v) is 7.52.